The number of nitrogens with zero attached hydrogens (tertiary/aromatic N) is 2. The molecule has 2 aromatic rings. The van der Waals surface area contributed by atoms with Gasteiger partial charge in [0.2, 0.25) is 0 Å². The third-order valence-electron chi connectivity index (χ3n) is 2.61. The molecule has 0 aliphatic carbocycles. The lowest BCUT2D eigenvalue weighted by atomic mass is 10.0. The molecule has 0 aliphatic heterocycles. The van der Waals surface area contributed by atoms with Crippen LogP contribution >= 0.6 is 0 Å². The Morgan fingerprint density at radius 3 is 2.44 bits per heavy atom. The predicted octanol–water partition coefficient (Wildman–Crippen LogP) is 2.16. The topological polar surface area (TPSA) is 72.3 Å². The minimum absolute atomic E-state index is 0.127. The van der Waals surface area contributed by atoms with Gasteiger partial charge >= 0.3 is 5.97 Å². The second-order valence-electron chi connectivity index (χ2n) is 3.72. The van der Waals surface area contributed by atoms with Crippen LogP contribution in [-0.4, -0.2) is 28.2 Å². The Labute approximate surface area is 104 Å². The van der Waals surface area contributed by atoms with E-state index in [4.69, 9.17) is 4.74 Å². The maximum absolute atomic E-state index is 11.2. The zero-order chi connectivity index (χ0) is 13.1. The molecule has 18 heavy (non-hydrogen) atoms. The molecule has 0 saturated carbocycles. The number of aryl methyl sites for hydroxylation is 1. The lowest BCUT2D eigenvalue weighted by molar-refractivity contribution is 0.0696. The fourth-order valence-electron chi connectivity index (χ4n) is 1.70. The summed E-state index contributed by atoms with van der Waals surface area (Å²) in [6.45, 7) is 1.65. The molecule has 0 spiro atoms. The van der Waals surface area contributed by atoms with Crippen LogP contribution in [0.1, 0.15) is 16.1 Å². The summed E-state index contributed by atoms with van der Waals surface area (Å²) in [5.74, 6) is -0.319. The minimum atomic E-state index is -1.03. The van der Waals surface area contributed by atoms with Gasteiger partial charge in [-0.05, 0) is 31.2 Å². The number of ether oxygens (including phenoxy) is 1. The molecule has 0 unspecified atom stereocenters. The van der Waals surface area contributed by atoms with Crippen molar-refractivity contribution in [2.45, 2.75) is 6.92 Å². The van der Waals surface area contributed by atoms with Crippen LogP contribution in [0.25, 0.3) is 11.3 Å². The van der Waals surface area contributed by atoms with E-state index >= 15 is 0 Å². The van der Waals surface area contributed by atoms with E-state index < -0.39 is 5.97 Å². The van der Waals surface area contributed by atoms with Crippen LogP contribution in [0.2, 0.25) is 0 Å². The Bertz CT molecular complexity index is 579. The highest BCUT2D eigenvalue weighted by Gasteiger charge is 2.16. The monoisotopic (exact) mass is 244 g/mol. The van der Waals surface area contributed by atoms with Gasteiger partial charge < -0.3 is 9.84 Å². The van der Waals surface area contributed by atoms with E-state index in [0.29, 0.717) is 17.1 Å². The quantitative estimate of drug-likeness (QED) is 0.895. The molecule has 5 nitrogen and oxygen atoms in total. The Morgan fingerprint density at radius 1 is 1.22 bits per heavy atom. The Morgan fingerprint density at radius 2 is 1.89 bits per heavy atom. The van der Waals surface area contributed by atoms with E-state index in [1.54, 1.807) is 38.3 Å². The van der Waals surface area contributed by atoms with Gasteiger partial charge in [-0.15, -0.1) is 0 Å². The Balaban J connectivity index is 2.56. The van der Waals surface area contributed by atoms with Crippen LogP contribution in [0.15, 0.2) is 30.6 Å². The van der Waals surface area contributed by atoms with Gasteiger partial charge in [-0.1, -0.05) is 0 Å². The smallest absolute Gasteiger partial charge is 0.339 e. The molecule has 1 aromatic carbocycles. The summed E-state index contributed by atoms with van der Waals surface area (Å²) in [5, 5.41) is 9.20. The van der Waals surface area contributed by atoms with Crippen LogP contribution < -0.4 is 4.74 Å². The number of rotatable bonds is 3. The third kappa shape index (κ3) is 2.15. The molecule has 92 valence electrons. The van der Waals surface area contributed by atoms with Gasteiger partial charge in [-0.25, -0.2) is 14.8 Å². The molecule has 0 saturated heterocycles. The lowest BCUT2D eigenvalue weighted by Gasteiger charge is -2.07. The average Bonchev–Trinajstić information content (AvgIpc) is 2.38. The Kier molecular flexibility index (Phi) is 3.23. The van der Waals surface area contributed by atoms with E-state index in [2.05, 4.69) is 9.97 Å². The van der Waals surface area contributed by atoms with Crippen molar-refractivity contribution in [3.05, 3.63) is 41.9 Å². The van der Waals surface area contributed by atoms with E-state index in [0.717, 1.165) is 5.56 Å². The highest BCUT2D eigenvalue weighted by atomic mass is 16.5. The van der Waals surface area contributed by atoms with Crippen LogP contribution in [0.3, 0.4) is 0 Å². The summed E-state index contributed by atoms with van der Waals surface area (Å²) in [6, 6.07) is 7.07. The average molecular weight is 244 g/mol. The van der Waals surface area contributed by atoms with Gasteiger partial charge in [0.1, 0.15) is 17.6 Å². The standard InChI is InChI=1S/C13H12N2O3/c1-8-11(13(16)17)12(15-7-14-8)9-3-5-10(18-2)6-4-9/h3-7H,1-2H3,(H,16,17). The summed E-state index contributed by atoms with van der Waals surface area (Å²) >= 11 is 0. The zero-order valence-corrected chi connectivity index (χ0v) is 10.0. The molecule has 0 amide bonds. The fraction of sp³-hybridized carbons (Fsp3) is 0.154. The highest BCUT2D eigenvalue weighted by molar-refractivity contribution is 5.95. The zero-order valence-electron chi connectivity index (χ0n) is 10.0. The van der Waals surface area contributed by atoms with Gasteiger partial charge in [0.15, 0.2) is 0 Å². The third-order valence-corrected chi connectivity index (χ3v) is 2.61. The molecule has 0 radical (unpaired) electrons. The molecule has 0 atom stereocenters. The molecule has 0 bridgehead atoms. The number of hydrogen-bond acceptors (Lipinski definition) is 4. The summed E-state index contributed by atoms with van der Waals surface area (Å²) in [4.78, 5) is 19.2. The van der Waals surface area contributed by atoms with Gasteiger partial charge in [-0.3, -0.25) is 0 Å². The first-order valence-corrected chi connectivity index (χ1v) is 5.33. The highest BCUT2D eigenvalue weighted by Crippen LogP contribution is 2.24. The van der Waals surface area contributed by atoms with E-state index in [1.165, 1.54) is 6.33 Å². The second-order valence-corrected chi connectivity index (χ2v) is 3.72. The van der Waals surface area contributed by atoms with Crippen LogP contribution in [0.5, 0.6) is 5.75 Å². The summed E-state index contributed by atoms with van der Waals surface area (Å²) in [6.07, 6.45) is 1.36. The van der Waals surface area contributed by atoms with Crippen molar-refractivity contribution >= 4 is 5.97 Å². The maximum atomic E-state index is 11.2. The van der Waals surface area contributed by atoms with Gasteiger partial charge in [0.25, 0.3) is 0 Å². The number of carboxylic acids is 1. The first-order chi connectivity index (χ1) is 8.63. The van der Waals surface area contributed by atoms with Crippen molar-refractivity contribution in [2.75, 3.05) is 7.11 Å². The van der Waals surface area contributed by atoms with E-state index in [1.807, 2.05) is 0 Å². The number of carbonyl (C=O) groups is 1. The van der Waals surface area contributed by atoms with Crippen molar-refractivity contribution < 1.29 is 14.6 Å². The first-order valence-electron chi connectivity index (χ1n) is 5.33. The van der Waals surface area contributed by atoms with Gasteiger partial charge in [0.05, 0.1) is 18.5 Å². The van der Waals surface area contributed by atoms with Crippen LogP contribution in [0, 0.1) is 6.92 Å². The maximum Gasteiger partial charge on any atom is 0.339 e. The number of methoxy groups -OCH3 is 1. The molecule has 0 aliphatic rings. The van der Waals surface area contributed by atoms with Crippen LogP contribution in [0.4, 0.5) is 0 Å². The molecule has 1 aromatic heterocycles. The van der Waals surface area contributed by atoms with Crippen molar-refractivity contribution in [3.8, 4) is 17.0 Å². The molecule has 0 fully saturated rings. The van der Waals surface area contributed by atoms with Gasteiger partial charge in [0, 0.05) is 5.56 Å². The molecule has 1 N–H and O–H groups in total. The number of aromatic nitrogens is 2. The molecule has 1 heterocycles. The van der Waals surface area contributed by atoms with Crippen molar-refractivity contribution in [3.63, 3.8) is 0 Å². The first kappa shape index (κ1) is 12.0. The Hall–Kier alpha value is -2.43. The summed E-state index contributed by atoms with van der Waals surface area (Å²) in [5.41, 5.74) is 1.71. The SMILES string of the molecule is COc1ccc(-c2ncnc(C)c2C(=O)O)cc1. The van der Waals surface area contributed by atoms with E-state index in [-0.39, 0.29) is 5.56 Å². The van der Waals surface area contributed by atoms with Crippen molar-refractivity contribution in [2.24, 2.45) is 0 Å². The van der Waals surface area contributed by atoms with Gasteiger partial charge in [-0.2, -0.15) is 0 Å². The second kappa shape index (κ2) is 4.83. The number of aromatic carboxylic acids is 1. The normalized spacial score (nSPS) is 10.1. The molecule has 2 rings (SSSR count). The largest absolute Gasteiger partial charge is 0.497 e. The van der Waals surface area contributed by atoms with E-state index in [9.17, 15) is 9.90 Å². The minimum Gasteiger partial charge on any atom is -0.497 e. The molecular weight excluding hydrogens is 232 g/mol. The van der Waals surface area contributed by atoms with Crippen molar-refractivity contribution in [1.29, 1.82) is 0 Å². The predicted molar refractivity (Wildman–Crippen MR) is 65.7 cm³/mol. The molecule has 5 heteroatoms. The number of carboxylic acid groups (broad SMARTS) is 1. The lowest BCUT2D eigenvalue weighted by Crippen LogP contribution is -2.06. The summed E-state index contributed by atoms with van der Waals surface area (Å²) in [7, 11) is 1.58. The summed E-state index contributed by atoms with van der Waals surface area (Å²) < 4.78 is 5.06. The fourth-order valence-corrected chi connectivity index (χ4v) is 1.70. The number of hydrogen-bond donors (Lipinski definition) is 1. The van der Waals surface area contributed by atoms with Crippen LogP contribution in [-0.2, 0) is 0 Å². The van der Waals surface area contributed by atoms with Crippen molar-refractivity contribution in [1.82, 2.24) is 9.97 Å². The number of benzene rings is 1. The molecular formula is C13H12N2O3.